The average Bonchev–Trinajstić information content (AvgIpc) is 2.53. The number of carbonyl (C=O) groups excluding carboxylic acids is 2. The Morgan fingerprint density at radius 1 is 0.833 bits per heavy atom. The Bertz CT molecular complexity index is 797. The zero-order chi connectivity index (χ0) is 17.7. The smallest absolute Gasteiger partial charge is 0.269 e. The lowest BCUT2D eigenvalue weighted by atomic mass is 10.2. The van der Waals surface area contributed by atoms with Gasteiger partial charge in [0.2, 0.25) is 0 Å². The summed E-state index contributed by atoms with van der Waals surface area (Å²) in [7, 11) is 0. The first kappa shape index (κ1) is 18.5. The van der Waals surface area contributed by atoms with Gasteiger partial charge in [-0.25, -0.2) is 0 Å². The maximum Gasteiger partial charge on any atom is 0.269 e. The third-order valence-corrected chi connectivity index (χ3v) is 3.80. The molecule has 0 spiro atoms. The van der Waals surface area contributed by atoms with Gasteiger partial charge in [0.1, 0.15) is 0 Å². The van der Waals surface area contributed by atoms with Gasteiger partial charge in [-0.15, -0.1) is 0 Å². The predicted octanol–water partition coefficient (Wildman–Crippen LogP) is 3.60. The number of hydrogen-bond donors (Lipinski definition) is 3. The summed E-state index contributed by atoms with van der Waals surface area (Å²) in [5.74, 6) is -0.970. The lowest BCUT2D eigenvalue weighted by Crippen LogP contribution is -2.48. The van der Waals surface area contributed by atoms with Gasteiger partial charge in [0.25, 0.3) is 11.8 Å². The molecule has 0 aromatic heterocycles. The van der Waals surface area contributed by atoms with Crippen LogP contribution in [0.4, 0.5) is 0 Å². The van der Waals surface area contributed by atoms with Crippen LogP contribution in [0.1, 0.15) is 20.7 Å². The Hall–Kier alpha value is -1.86. The highest BCUT2D eigenvalue weighted by molar-refractivity contribution is 7.80. The molecule has 2 aromatic carbocycles. The molecule has 2 rings (SSSR count). The number of halogens is 3. The minimum Gasteiger partial charge on any atom is -0.298 e. The number of hydrogen-bond acceptors (Lipinski definition) is 3. The van der Waals surface area contributed by atoms with Crippen molar-refractivity contribution in [1.82, 2.24) is 16.2 Å². The first-order valence-electron chi connectivity index (χ1n) is 6.49. The van der Waals surface area contributed by atoms with Crippen molar-refractivity contribution in [2.75, 3.05) is 0 Å². The molecule has 0 radical (unpaired) electrons. The molecule has 0 unspecified atom stereocenters. The van der Waals surface area contributed by atoms with Crippen LogP contribution in [-0.2, 0) is 0 Å². The Labute approximate surface area is 158 Å². The lowest BCUT2D eigenvalue weighted by molar-refractivity contribution is 0.0934. The molecule has 124 valence electrons. The maximum atomic E-state index is 12.0. The van der Waals surface area contributed by atoms with Crippen LogP contribution in [0.15, 0.2) is 42.5 Å². The van der Waals surface area contributed by atoms with Crippen molar-refractivity contribution < 1.29 is 9.59 Å². The van der Waals surface area contributed by atoms with Crippen molar-refractivity contribution in [3.8, 4) is 0 Å². The molecule has 5 nitrogen and oxygen atoms in total. The van der Waals surface area contributed by atoms with Gasteiger partial charge in [0.15, 0.2) is 5.11 Å². The Morgan fingerprint density at radius 3 is 2.08 bits per heavy atom. The Balaban J connectivity index is 1.89. The van der Waals surface area contributed by atoms with Gasteiger partial charge in [-0.1, -0.05) is 34.8 Å². The number of rotatable bonds is 2. The molecule has 2 amide bonds. The zero-order valence-electron chi connectivity index (χ0n) is 11.9. The average molecular weight is 403 g/mol. The first-order chi connectivity index (χ1) is 11.4. The standard InChI is InChI=1S/C15H10Cl3N3O2S/c16-9-3-1-8(2-4-9)13(22)20-21-15(24)19-14(23)11-6-5-10(17)7-12(11)18/h1-7H,(H,20,22)(H2,19,21,23,24). The maximum absolute atomic E-state index is 12.0. The summed E-state index contributed by atoms with van der Waals surface area (Å²) in [6.45, 7) is 0. The molecule has 0 aliphatic heterocycles. The van der Waals surface area contributed by atoms with E-state index in [4.69, 9.17) is 47.0 Å². The topological polar surface area (TPSA) is 70.2 Å². The quantitative estimate of drug-likeness (QED) is 0.530. The number of benzene rings is 2. The Morgan fingerprint density at radius 2 is 1.46 bits per heavy atom. The molecule has 0 saturated heterocycles. The van der Waals surface area contributed by atoms with Crippen LogP contribution >= 0.6 is 47.0 Å². The molecule has 3 N–H and O–H groups in total. The molecular formula is C15H10Cl3N3O2S. The van der Waals surface area contributed by atoms with E-state index in [0.717, 1.165) is 0 Å². The number of nitrogens with one attached hydrogen (secondary N) is 3. The second-order valence-electron chi connectivity index (χ2n) is 4.49. The van der Waals surface area contributed by atoms with Crippen LogP contribution in [-0.4, -0.2) is 16.9 Å². The van der Waals surface area contributed by atoms with E-state index in [1.54, 1.807) is 24.3 Å². The van der Waals surface area contributed by atoms with E-state index in [1.165, 1.54) is 18.2 Å². The number of thiocarbonyl (C=S) groups is 1. The van der Waals surface area contributed by atoms with E-state index >= 15 is 0 Å². The number of amides is 2. The highest BCUT2D eigenvalue weighted by Gasteiger charge is 2.13. The van der Waals surface area contributed by atoms with Crippen molar-refractivity contribution in [2.45, 2.75) is 0 Å². The van der Waals surface area contributed by atoms with Gasteiger partial charge in [-0.05, 0) is 54.7 Å². The summed E-state index contributed by atoms with van der Waals surface area (Å²) in [5, 5.41) is 3.41. The second-order valence-corrected chi connectivity index (χ2v) is 6.18. The van der Waals surface area contributed by atoms with Gasteiger partial charge in [0, 0.05) is 15.6 Å². The highest BCUT2D eigenvalue weighted by Crippen LogP contribution is 2.20. The van der Waals surface area contributed by atoms with Crippen molar-refractivity contribution in [3.63, 3.8) is 0 Å². The van der Waals surface area contributed by atoms with Crippen LogP contribution in [0.25, 0.3) is 0 Å². The number of hydrazine groups is 1. The molecule has 2 aromatic rings. The summed E-state index contributed by atoms with van der Waals surface area (Å²) in [4.78, 5) is 23.9. The largest absolute Gasteiger partial charge is 0.298 e. The first-order valence-corrected chi connectivity index (χ1v) is 8.03. The second kappa shape index (κ2) is 8.30. The summed E-state index contributed by atoms with van der Waals surface area (Å²) in [5.41, 5.74) is 5.36. The molecule has 0 aliphatic rings. The van der Waals surface area contributed by atoms with E-state index in [9.17, 15) is 9.59 Å². The number of carbonyl (C=O) groups is 2. The fourth-order valence-corrected chi connectivity index (χ4v) is 2.43. The summed E-state index contributed by atoms with van der Waals surface area (Å²) in [6.07, 6.45) is 0. The van der Waals surface area contributed by atoms with Gasteiger partial charge in [-0.2, -0.15) is 0 Å². The third kappa shape index (κ3) is 5.07. The summed E-state index contributed by atoms with van der Waals surface area (Å²) in [6, 6.07) is 10.7. The summed E-state index contributed by atoms with van der Waals surface area (Å²) < 4.78 is 0. The normalized spacial score (nSPS) is 9.96. The van der Waals surface area contributed by atoms with Crippen molar-refractivity contribution in [3.05, 3.63) is 68.7 Å². The highest BCUT2D eigenvalue weighted by atomic mass is 35.5. The van der Waals surface area contributed by atoms with E-state index in [2.05, 4.69) is 16.2 Å². The van der Waals surface area contributed by atoms with Crippen molar-refractivity contribution in [2.24, 2.45) is 0 Å². The van der Waals surface area contributed by atoms with Crippen LogP contribution in [0.2, 0.25) is 15.1 Å². The minimum absolute atomic E-state index is 0.0895. The SMILES string of the molecule is O=C(NNC(=S)NC(=O)c1ccc(Cl)cc1Cl)c1ccc(Cl)cc1. The van der Waals surface area contributed by atoms with E-state index < -0.39 is 11.8 Å². The van der Waals surface area contributed by atoms with E-state index in [1.807, 2.05) is 0 Å². The Kier molecular flexibility index (Phi) is 6.39. The van der Waals surface area contributed by atoms with E-state index in [0.29, 0.717) is 15.6 Å². The molecule has 0 saturated carbocycles. The zero-order valence-corrected chi connectivity index (χ0v) is 15.0. The minimum atomic E-state index is -0.532. The predicted molar refractivity (Wildman–Crippen MR) is 98.6 cm³/mol. The van der Waals surface area contributed by atoms with Crippen LogP contribution < -0.4 is 16.2 Å². The van der Waals surface area contributed by atoms with Crippen LogP contribution in [0.5, 0.6) is 0 Å². The van der Waals surface area contributed by atoms with Gasteiger partial charge in [-0.3, -0.25) is 25.8 Å². The molecule has 9 heteroatoms. The molecule has 0 fully saturated rings. The monoisotopic (exact) mass is 401 g/mol. The molecule has 0 heterocycles. The third-order valence-electron chi connectivity index (χ3n) is 2.80. The molecule has 0 atom stereocenters. The van der Waals surface area contributed by atoms with Crippen LogP contribution in [0.3, 0.4) is 0 Å². The van der Waals surface area contributed by atoms with E-state index in [-0.39, 0.29) is 15.7 Å². The molecule has 0 aliphatic carbocycles. The summed E-state index contributed by atoms with van der Waals surface area (Å²) >= 11 is 22.4. The van der Waals surface area contributed by atoms with Crippen LogP contribution in [0, 0.1) is 0 Å². The van der Waals surface area contributed by atoms with Gasteiger partial charge in [0.05, 0.1) is 10.6 Å². The lowest BCUT2D eigenvalue weighted by Gasteiger charge is -2.11. The van der Waals surface area contributed by atoms with Gasteiger partial charge < -0.3 is 0 Å². The van der Waals surface area contributed by atoms with Crippen molar-refractivity contribution >= 4 is 63.9 Å². The molecular weight excluding hydrogens is 393 g/mol. The molecule has 0 bridgehead atoms. The van der Waals surface area contributed by atoms with Crippen molar-refractivity contribution in [1.29, 1.82) is 0 Å². The van der Waals surface area contributed by atoms with Gasteiger partial charge >= 0.3 is 0 Å². The fraction of sp³-hybridized carbons (Fsp3) is 0. The molecule has 24 heavy (non-hydrogen) atoms. The fourth-order valence-electron chi connectivity index (χ4n) is 1.66.